The van der Waals surface area contributed by atoms with Crippen molar-refractivity contribution in [3.8, 4) is 0 Å². The molecule has 0 bridgehead atoms. The van der Waals surface area contributed by atoms with Crippen LogP contribution >= 0.6 is 15.9 Å². The monoisotopic (exact) mass is 300 g/mol. The van der Waals surface area contributed by atoms with Gasteiger partial charge in [0.15, 0.2) is 0 Å². The molecule has 0 aliphatic rings. The van der Waals surface area contributed by atoms with E-state index in [9.17, 15) is 9.59 Å². The van der Waals surface area contributed by atoms with Crippen LogP contribution in [0.5, 0.6) is 0 Å². The summed E-state index contributed by atoms with van der Waals surface area (Å²) in [5.74, 6) is -0.931. The molecule has 0 unspecified atom stereocenters. The van der Waals surface area contributed by atoms with Crippen molar-refractivity contribution < 1.29 is 14.3 Å². The number of primary amides is 1. The lowest BCUT2D eigenvalue weighted by atomic mass is 10.2. The Morgan fingerprint density at radius 2 is 1.88 bits per heavy atom. The van der Waals surface area contributed by atoms with Gasteiger partial charge in [-0.25, -0.2) is 0 Å². The molecule has 92 valence electrons. The zero-order chi connectivity index (χ0) is 12.7. The highest BCUT2D eigenvalue weighted by atomic mass is 79.9. The van der Waals surface area contributed by atoms with Crippen LogP contribution in [0.3, 0.4) is 0 Å². The molecule has 0 aromatic heterocycles. The summed E-state index contributed by atoms with van der Waals surface area (Å²) in [6.45, 7) is 0.150. The second-order valence-corrected chi connectivity index (χ2v) is 4.27. The first-order valence-corrected chi connectivity index (χ1v) is 5.76. The lowest BCUT2D eigenvalue weighted by Crippen LogP contribution is -2.33. The number of nitrogens with one attached hydrogen (secondary N) is 1. The number of rotatable bonds is 6. The van der Waals surface area contributed by atoms with Gasteiger partial charge in [-0.15, -0.1) is 0 Å². The van der Waals surface area contributed by atoms with E-state index in [0.717, 1.165) is 10.0 Å². The van der Waals surface area contributed by atoms with Crippen molar-refractivity contribution in [1.29, 1.82) is 0 Å². The zero-order valence-corrected chi connectivity index (χ0v) is 10.7. The Bertz CT molecular complexity index is 392. The molecule has 1 amide bonds. The highest BCUT2D eigenvalue weighted by Gasteiger charge is 2.03. The third-order valence-corrected chi connectivity index (χ3v) is 2.41. The standard InChI is InChI=1S/C11H13BrN2O3/c12-9-3-1-8(2-4-9)7-17-11(16)6-14-5-10(13)15/h1-4,14H,5-7H2,(H2,13,15). The van der Waals surface area contributed by atoms with E-state index in [4.69, 9.17) is 10.5 Å². The lowest BCUT2D eigenvalue weighted by Gasteiger charge is -2.05. The number of hydrogen-bond acceptors (Lipinski definition) is 4. The quantitative estimate of drug-likeness (QED) is 0.753. The fraction of sp³-hybridized carbons (Fsp3) is 0.273. The Morgan fingerprint density at radius 1 is 1.24 bits per heavy atom. The molecule has 1 aromatic carbocycles. The van der Waals surface area contributed by atoms with Gasteiger partial charge in [0.25, 0.3) is 0 Å². The number of nitrogens with two attached hydrogens (primary N) is 1. The highest BCUT2D eigenvalue weighted by molar-refractivity contribution is 9.10. The van der Waals surface area contributed by atoms with Crippen molar-refractivity contribution in [1.82, 2.24) is 5.32 Å². The van der Waals surface area contributed by atoms with E-state index in [0.29, 0.717) is 0 Å². The summed E-state index contributed by atoms with van der Waals surface area (Å²) in [7, 11) is 0. The smallest absolute Gasteiger partial charge is 0.320 e. The summed E-state index contributed by atoms with van der Waals surface area (Å²) in [5, 5.41) is 2.57. The van der Waals surface area contributed by atoms with E-state index in [1.54, 1.807) is 0 Å². The normalized spacial score (nSPS) is 9.94. The van der Waals surface area contributed by atoms with Gasteiger partial charge >= 0.3 is 5.97 Å². The van der Waals surface area contributed by atoms with Crippen molar-refractivity contribution >= 4 is 27.8 Å². The predicted octanol–water partition coefficient (Wildman–Crippen LogP) is 0.567. The minimum Gasteiger partial charge on any atom is -0.460 e. The van der Waals surface area contributed by atoms with Crippen molar-refractivity contribution in [3.05, 3.63) is 34.3 Å². The molecule has 0 fully saturated rings. The molecule has 3 N–H and O–H groups in total. The van der Waals surface area contributed by atoms with Crippen molar-refractivity contribution in [2.45, 2.75) is 6.61 Å². The Hall–Kier alpha value is -1.40. The van der Waals surface area contributed by atoms with Gasteiger partial charge in [0.05, 0.1) is 13.1 Å². The van der Waals surface area contributed by atoms with Crippen LogP contribution in [0, 0.1) is 0 Å². The van der Waals surface area contributed by atoms with E-state index in [-0.39, 0.29) is 19.7 Å². The van der Waals surface area contributed by atoms with Crippen molar-refractivity contribution in [3.63, 3.8) is 0 Å². The molecule has 0 heterocycles. The van der Waals surface area contributed by atoms with Gasteiger partial charge in [-0.2, -0.15) is 0 Å². The summed E-state index contributed by atoms with van der Waals surface area (Å²) in [6.07, 6.45) is 0. The molecule has 0 atom stereocenters. The van der Waals surface area contributed by atoms with E-state index in [1.165, 1.54) is 0 Å². The average molecular weight is 301 g/mol. The molecule has 5 nitrogen and oxygen atoms in total. The van der Waals surface area contributed by atoms with E-state index in [2.05, 4.69) is 21.2 Å². The average Bonchev–Trinajstić information content (AvgIpc) is 2.28. The molecule has 0 radical (unpaired) electrons. The number of hydrogen-bond donors (Lipinski definition) is 2. The molecule has 0 aliphatic carbocycles. The Labute approximate surface area is 107 Å². The number of carbonyl (C=O) groups excluding carboxylic acids is 2. The molecule has 17 heavy (non-hydrogen) atoms. The summed E-state index contributed by atoms with van der Waals surface area (Å²) >= 11 is 3.31. The minimum absolute atomic E-state index is 0.0283. The van der Waals surface area contributed by atoms with Crippen molar-refractivity contribution in [2.75, 3.05) is 13.1 Å². The van der Waals surface area contributed by atoms with Crippen LogP contribution in [0.4, 0.5) is 0 Å². The first-order valence-electron chi connectivity index (χ1n) is 4.97. The van der Waals surface area contributed by atoms with Gasteiger partial charge in [-0.1, -0.05) is 28.1 Å². The second-order valence-electron chi connectivity index (χ2n) is 3.36. The maximum atomic E-state index is 11.2. The third-order valence-electron chi connectivity index (χ3n) is 1.88. The molecule has 1 rings (SSSR count). The zero-order valence-electron chi connectivity index (χ0n) is 9.11. The fourth-order valence-corrected chi connectivity index (χ4v) is 1.35. The van der Waals surface area contributed by atoms with Gasteiger partial charge in [-0.05, 0) is 17.7 Å². The van der Waals surface area contributed by atoms with Gasteiger partial charge in [-0.3, -0.25) is 14.9 Å². The second kappa shape index (κ2) is 7.03. The largest absolute Gasteiger partial charge is 0.460 e. The number of esters is 1. The fourth-order valence-electron chi connectivity index (χ4n) is 1.08. The van der Waals surface area contributed by atoms with Gasteiger partial charge < -0.3 is 10.5 Å². The summed E-state index contributed by atoms with van der Waals surface area (Å²) in [5.41, 5.74) is 5.80. The maximum absolute atomic E-state index is 11.2. The van der Waals surface area contributed by atoms with Gasteiger partial charge in [0, 0.05) is 4.47 Å². The number of carbonyl (C=O) groups is 2. The van der Waals surface area contributed by atoms with Crippen LogP contribution in [0.1, 0.15) is 5.56 Å². The van der Waals surface area contributed by atoms with E-state index < -0.39 is 11.9 Å². The minimum atomic E-state index is -0.509. The Kier molecular flexibility index (Phi) is 5.65. The van der Waals surface area contributed by atoms with Gasteiger partial charge in [0.1, 0.15) is 6.61 Å². The van der Waals surface area contributed by atoms with Crippen LogP contribution in [0.25, 0.3) is 0 Å². The maximum Gasteiger partial charge on any atom is 0.320 e. The summed E-state index contributed by atoms with van der Waals surface area (Å²) < 4.78 is 5.95. The number of ether oxygens (including phenoxy) is 1. The molecule has 1 aromatic rings. The summed E-state index contributed by atoms with van der Waals surface area (Å²) in [4.78, 5) is 21.6. The topological polar surface area (TPSA) is 81.4 Å². The molecular formula is C11H13BrN2O3. The molecule has 0 aliphatic heterocycles. The molecule has 0 spiro atoms. The summed E-state index contributed by atoms with van der Waals surface area (Å²) in [6, 6.07) is 7.45. The van der Waals surface area contributed by atoms with E-state index >= 15 is 0 Å². The first-order chi connectivity index (χ1) is 8.08. The lowest BCUT2D eigenvalue weighted by molar-refractivity contribution is -0.143. The van der Waals surface area contributed by atoms with Crippen molar-refractivity contribution in [2.24, 2.45) is 5.73 Å². The van der Waals surface area contributed by atoms with Crippen LogP contribution in [-0.2, 0) is 20.9 Å². The molecular weight excluding hydrogens is 288 g/mol. The van der Waals surface area contributed by atoms with Crippen LogP contribution in [0.2, 0.25) is 0 Å². The molecule has 0 saturated carbocycles. The van der Waals surface area contributed by atoms with Crippen LogP contribution in [-0.4, -0.2) is 25.0 Å². The molecule has 0 saturated heterocycles. The first kappa shape index (κ1) is 13.7. The number of amides is 1. The van der Waals surface area contributed by atoms with Crippen LogP contribution in [0.15, 0.2) is 28.7 Å². The Morgan fingerprint density at radius 3 is 2.47 bits per heavy atom. The SMILES string of the molecule is NC(=O)CNCC(=O)OCc1ccc(Br)cc1. The molecule has 6 heteroatoms. The Balaban J connectivity index is 2.23. The van der Waals surface area contributed by atoms with Crippen LogP contribution < -0.4 is 11.1 Å². The van der Waals surface area contributed by atoms with E-state index in [1.807, 2.05) is 24.3 Å². The highest BCUT2D eigenvalue weighted by Crippen LogP contribution is 2.11. The number of halogens is 1. The van der Waals surface area contributed by atoms with Gasteiger partial charge in [0.2, 0.25) is 5.91 Å². The predicted molar refractivity (Wildman–Crippen MR) is 66.0 cm³/mol. The number of benzene rings is 1. The third kappa shape index (κ3) is 6.03.